The molecule has 0 radical (unpaired) electrons. The number of rotatable bonds is 9. The monoisotopic (exact) mass is 520 g/mol. The second kappa shape index (κ2) is 17.0. The fourth-order valence-electron chi connectivity index (χ4n) is 4.29. The van der Waals surface area contributed by atoms with E-state index in [0.29, 0.717) is 0 Å². The average Bonchev–Trinajstić information content (AvgIpc) is 3.02. The molecule has 0 aliphatic heterocycles. The Labute approximate surface area is 222 Å². The number of halogens is 3. The van der Waals surface area contributed by atoms with E-state index >= 15 is 0 Å². The SMILES string of the molecule is CCCCCC1=C(CCCC)[C-]=C([SiH2]c2c(C)c(C)c(C)c(C)c2C)C1.[Cl-].[Cl-].[Cl-].[Ti+4]. The normalized spacial score (nSPS) is 12.8. The Morgan fingerprint density at radius 2 is 1.20 bits per heavy atom. The zero-order valence-corrected chi connectivity index (χ0v) is 25.2. The van der Waals surface area contributed by atoms with Crippen molar-refractivity contribution in [3.63, 3.8) is 0 Å². The van der Waals surface area contributed by atoms with Gasteiger partial charge in [-0.2, -0.15) is 5.20 Å². The van der Waals surface area contributed by atoms with Crippen molar-refractivity contribution < 1.29 is 58.9 Å². The van der Waals surface area contributed by atoms with E-state index < -0.39 is 9.52 Å². The molecule has 2 rings (SSSR count). The summed E-state index contributed by atoms with van der Waals surface area (Å²) in [5.74, 6) is 0. The summed E-state index contributed by atoms with van der Waals surface area (Å²) in [6.45, 7) is 16.2. The van der Waals surface area contributed by atoms with Gasteiger partial charge in [-0.1, -0.05) is 70.4 Å². The number of allylic oxidation sites excluding steroid dienone is 4. The molecule has 0 amide bonds. The first-order valence-corrected chi connectivity index (χ1v) is 12.2. The smallest absolute Gasteiger partial charge is 1.00 e. The van der Waals surface area contributed by atoms with Gasteiger partial charge in [0.2, 0.25) is 0 Å². The van der Waals surface area contributed by atoms with Gasteiger partial charge in [0, 0.05) is 0 Å². The second-order valence-electron chi connectivity index (χ2n) is 8.33. The zero-order valence-electron chi connectivity index (χ0n) is 20.0. The molecule has 0 saturated carbocycles. The van der Waals surface area contributed by atoms with Gasteiger partial charge in [0.1, 0.15) is 0 Å². The third kappa shape index (κ3) is 8.80. The van der Waals surface area contributed by atoms with E-state index in [0.717, 1.165) is 0 Å². The van der Waals surface area contributed by atoms with Gasteiger partial charge in [-0.05, 0) is 62.4 Å². The molecule has 5 heteroatoms. The molecule has 1 aliphatic rings. The molecule has 0 atom stereocenters. The maximum Gasteiger partial charge on any atom is 4.00 e. The summed E-state index contributed by atoms with van der Waals surface area (Å²) in [6.07, 6.45) is 14.4. The van der Waals surface area contributed by atoms with Crippen molar-refractivity contribution in [1.82, 2.24) is 0 Å². The topological polar surface area (TPSA) is 0 Å². The summed E-state index contributed by atoms with van der Waals surface area (Å²) in [7, 11) is -0.403. The number of benzene rings is 1. The van der Waals surface area contributed by atoms with E-state index in [1.807, 2.05) is 0 Å². The maximum absolute atomic E-state index is 3.92. The molecule has 0 nitrogen and oxygen atoms in total. The predicted molar refractivity (Wildman–Crippen MR) is 120 cm³/mol. The molecule has 0 spiro atoms. The molecule has 1 aliphatic carbocycles. The summed E-state index contributed by atoms with van der Waals surface area (Å²) >= 11 is 0. The van der Waals surface area contributed by atoms with Crippen LogP contribution in [0.3, 0.4) is 0 Å². The van der Waals surface area contributed by atoms with Gasteiger partial charge in [0.25, 0.3) is 0 Å². The summed E-state index contributed by atoms with van der Waals surface area (Å²) in [5.41, 5.74) is 10.9. The Morgan fingerprint density at radius 3 is 1.70 bits per heavy atom. The van der Waals surface area contributed by atoms with E-state index in [-0.39, 0.29) is 58.9 Å². The van der Waals surface area contributed by atoms with Crippen LogP contribution in [0.1, 0.15) is 93.0 Å². The van der Waals surface area contributed by atoms with Crippen LogP contribution in [0.5, 0.6) is 0 Å². The minimum absolute atomic E-state index is 0. The van der Waals surface area contributed by atoms with E-state index in [2.05, 4.69) is 54.5 Å². The van der Waals surface area contributed by atoms with E-state index in [1.165, 1.54) is 68.1 Å². The first-order valence-electron chi connectivity index (χ1n) is 10.8. The van der Waals surface area contributed by atoms with Crippen LogP contribution >= 0.6 is 0 Å². The molecule has 1 aromatic carbocycles. The van der Waals surface area contributed by atoms with Crippen LogP contribution in [0.25, 0.3) is 0 Å². The van der Waals surface area contributed by atoms with E-state index in [9.17, 15) is 0 Å². The molecule has 168 valence electrons. The molecular weight excluding hydrogens is 483 g/mol. The molecule has 1 aromatic rings. The van der Waals surface area contributed by atoms with E-state index in [1.54, 1.807) is 32.7 Å². The van der Waals surface area contributed by atoms with Crippen molar-refractivity contribution in [3.8, 4) is 0 Å². The van der Waals surface area contributed by atoms with Gasteiger partial charge < -0.3 is 37.2 Å². The molecule has 0 bridgehead atoms. The minimum atomic E-state index is -0.403. The van der Waals surface area contributed by atoms with Gasteiger partial charge >= 0.3 is 21.7 Å². The van der Waals surface area contributed by atoms with Gasteiger partial charge in [0.05, 0.1) is 9.52 Å². The third-order valence-electron chi connectivity index (χ3n) is 6.59. The Hall–Kier alpha value is 0.501. The molecule has 0 saturated heterocycles. The Balaban J connectivity index is -0.00000182. The van der Waals surface area contributed by atoms with Crippen molar-refractivity contribution in [2.45, 2.75) is 99.8 Å². The quantitative estimate of drug-likeness (QED) is 0.187. The minimum Gasteiger partial charge on any atom is -1.00 e. The van der Waals surface area contributed by atoms with Crippen molar-refractivity contribution in [3.05, 3.63) is 50.2 Å². The van der Waals surface area contributed by atoms with E-state index in [4.69, 9.17) is 0 Å². The van der Waals surface area contributed by atoms with Crippen LogP contribution in [0.4, 0.5) is 0 Å². The summed E-state index contributed by atoms with van der Waals surface area (Å²) in [6, 6.07) is 0. The van der Waals surface area contributed by atoms with Crippen LogP contribution in [0.2, 0.25) is 0 Å². The Bertz CT molecular complexity index is 695. The molecule has 0 fully saturated rings. The summed E-state index contributed by atoms with van der Waals surface area (Å²) in [4.78, 5) is 0. The fourth-order valence-corrected chi connectivity index (χ4v) is 6.51. The Morgan fingerprint density at radius 1 is 0.700 bits per heavy atom. The second-order valence-corrected chi connectivity index (χ2v) is 10.2. The van der Waals surface area contributed by atoms with Crippen molar-refractivity contribution >= 4 is 14.7 Å². The van der Waals surface area contributed by atoms with Crippen LogP contribution in [0.15, 0.2) is 16.3 Å². The van der Waals surface area contributed by atoms with Crippen LogP contribution in [-0.4, -0.2) is 9.52 Å². The first-order chi connectivity index (χ1) is 12.4. The molecule has 0 unspecified atom stereocenters. The number of hydrogen-bond donors (Lipinski definition) is 0. The molecule has 0 aromatic heterocycles. The van der Waals surface area contributed by atoms with Crippen LogP contribution in [0, 0.1) is 40.7 Å². The Kier molecular flexibility index (Phi) is 19.9. The van der Waals surface area contributed by atoms with Crippen molar-refractivity contribution in [1.29, 1.82) is 0 Å². The van der Waals surface area contributed by atoms with Crippen LogP contribution in [-0.2, 0) is 21.7 Å². The number of unbranched alkanes of at least 4 members (excludes halogenated alkanes) is 3. The maximum atomic E-state index is 3.92. The molecule has 0 N–H and O–H groups in total. The van der Waals surface area contributed by atoms with Crippen molar-refractivity contribution in [2.75, 3.05) is 0 Å². The third-order valence-corrected chi connectivity index (χ3v) is 8.86. The van der Waals surface area contributed by atoms with Crippen molar-refractivity contribution in [2.24, 2.45) is 0 Å². The number of hydrogen-bond acceptors (Lipinski definition) is 0. The van der Waals surface area contributed by atoms with Crippen LogP contribution < -0.4 is 42.4 Å². The summed E-state index contributed by atoms with van der Waals surface area (Å²) in [5, 5.41) is 3.36. The van der Waals surface area contributed by atoms with Gasteiger partial charge in [-0.3, -0.25) is 6.08 Å². The molecule has 0 heterocycles. The molecular formula is C25H39Cl3SiTi. The standard InChI is InChI=1S/C25H39Si.3ClH.Ti/c1-8-10-12-14-23-16-24(15-22(23)13-11-9-2)26-25-20(6)18(4)17(3)19(5)21(25)7;;;;/h8-14,16,26H2,1-7H3;3*1H;/q-1;;;;+4/p-3. The van der Waals surface area contributed by atoms with Gasteiger partial charge in [-0.15, -0.1) is 0 Å². The fraction of sp³-hybridized carbons (Fsp3) is 0.600. The van der Waals surface area contributed by atoms with Gasteiger partial charge in [0.15, 0.2) is 0 Å². The van der Waals surface area contributed by atoms with Gasteiger partial charge in [-0.25, -0.2) is 11.1 Å². The average molecular weight is 522 g/mol. The predicted octanol–water partition coefficient (Wildman–Crippen LogP) is -2.81. The largest absolute Gasteiger partial charge is 4.00 e. The first kappa shape index (κ1) is 35.1. The zero-order chi connectivity index (χ0) is 19.3. The molecule has 30 heavy (non-hydrogen) atoms. The summed E-state index contributed by atoms with van der Waals surface area (Å²) < 4.78 is 0.